The Balaban J connectivity index is 2.03. The molecule has 0 aromatic heterocycles. The minimum Gasteiger partial charge on any atom is -0.381 e. The summed E-state index contributed by atoms with van der Waals surface area (Å²) in [5.41, 5.74) is 3.76. The molecule has 1 fully saturated rings. The number of aryl methyl sites for hydroxylation is 2. The number of rotatable bonds is 3. The number of nitrogens with one attached hydrogen (secondary N) is 1. The lowest BCUT2D eigenvalue weighted by Gasteiger charge is -2.15. The third kappa shape index (κ3) is 2.77. The number of hydrogen-bond acceptors (Lipinski definition) is 2. The normalized spacial score (nSPS) is 20.1. The second-order valence-electron chi connectivity index (χ2n) is 4.45. The Morgan fingerprint density at radius 3 is 2.88 bits per heavy atom. The van der Waals surface area contributed by atoms with Crippen molar-refractivity contribution in [2.75, 3.05) is 18.5 Å². The maximum absolute atomic E-state index is 5.60. The summed E-state index contributed by atoms with van der Waals surface area (Å²) in [5, 5.41) is 3.48. The van der Waals surface area contributed by atoms with Crippen molar-refractivity contribution >= 4 is 21.6 Å². The Morgan fingerprint density at radius 1 is 1.44 bits per heavy atom. The van der Waals surface area contributed by atoms with E-state index in [9.17, 15) is 0 Å². The summed E-state index contributed by atoms with van der Waals surface area (Å²) in [7, 11) is 0. The van der Waals surface area contributed by atoms with Gasteiger partial charge in [-0.15, -0.1) is 0 Å². The van der Waals surface area contributed by atoms with E-state index in [4.69, 9.17) is 4.74 Å². The van der Waals surface area contributed by atoms with E-state index in [-0.39, 0.29) is 0 Å². The molecule has 0 aliphatic carbocycles. The van der Waals surface area contributed by atoms with Gasteiger partial charge in [0.05, 0.1) is 11.8 Å². The van der Waals surface area contributed by atoms with Gasteiger partial charge in [0.15, 0.2) is 0 Å². The largest absolute Gasteiger partial charge is 0.381 e. The average molecular weight is 284 g/mol. The minimum absolute atomic E-state index is 0.382. The monoisotopic (exact) mass is 283 g/mol. The van der Waals surface area contributed by atoms with E-state index in [1.165, 1.54) is 29.7 Å². The molecule has 2 nitrogen and oxygen atoms in total. The first-order valence-electron chi connectivity index (χ1n) is 5.79. The second kappa shape index (κ2) is 5.19. The molecule has 0 saturated carbocycles. The summed E-state index contributed by atoms with van der Waals surface area (Å²) in [6.45, 7) is 6.07. The van der Waals surface area contributed by atoms with Gasteiger partial charge in [-0.05, 0) is 59.8 Å². The van der Waals surface area contributed by atoms with Gasteiger partial charge < -0.3 is 10.1 Å². The van der Waals surface area contributed by atoms with Crippen molar-refractivity contribution in [1.82, 2.24) is 0 Å². The van der Waals surface area contributed by atoms with Gasteiger partial charge in [-0.25, -0.2) is 0 Å². The van der Waals surface area contributed by atoms with Gasteiger partial charge in [0.2, 0.25) is 0 Å². The van der Waals surface area contributed by atoms with Gasteiger partial charge in [-0.1, -0.05) is 6.07 Å². The third-order valence-electron chi connectivity index (χ3n) is 2.96. The maximum Gasteiger partial charge on any atom is 0.0748 e. The second-order valence-corrected chi connectivity index (χ2v) is 5.31. The molecule has 1 aliphatic rings. The van der Waals surface area contributed by atoms with E-state index >= 15 is 0 Å². The van der Waals surface area contributed by atoms with Crippen LogP contribution in [0.25, 0.3) is 0 Å². The summed E-state index contributed by atoms with van der Waals surface area (Å²) >= 11 is 3.60. The minimum atomic E-state index is 0.382. The summed E-state index contributed by atoms with van der Waals surface area (Å²) in [4.78, 5) is 0. The molecule has 1 saturated heterocycles. The molecule has 1 aromatic carbocycles. The standard InChI is InChI=1S/C13H18BrNO/c1-9-6-10(2)13(12(14)7-9)15-8-11-4-3-5-16-11/h6-7,11,15H,3-5,8H2,1-2H3. The van der Waals surface area contributed by atoms with E-state index in [0.717, 1.165) is 17.6 Å². The van der Waals surface area contributed by atoms with Crippen LogP contribution in [0.5, 0.6) is 0 Å². The van der Waals surface area contributed by atoms with E-state index in [1.54, 1.807) is 0 Å². The number of ether oxygens (including phenoxy) is 1. The zero-order valence-corrected chi connectivity index (χ0v) is 11.4. The predicted octanol–water partition coefficient (Wildman–Crippen LogP) is 3.66. The molecule has 0 amide bonds. The van der Waals surface area contributed by atoms with Crippen LogP contribution in [-0.4, -0.2) is 19.3 Å². The third-order valence-corrected chi connectivity index (χ3v) is 3.59. The molecule has 1 unspecified atom stereocenters. The number of benzene rings is 1. The first kappa shape index (κ1) is 11.9. The van der Waals surface area contributed by atoms with Crippen LogP contribution in [0.2, 0.25) is 0 Å². The number of anilines is 1. The van der Waals surface area contributed by atoms with Gasteiger partial charge in [0.25, 0.3) is 0 Å². The number of halogens is 1. The van der Waals surface area contributed by atoms with E-state index < -0.39 is 0 Å². The SMILES string of the molecule is Cc1cc(C)c(NCC2CCCO2)c(Br)c1. The molecule has 1 aliphatic heterocycles. The molecular weight excluding hydrogens is 266 g/mol. The highest BCUT2D eigenvalue weighted by atomic mass is 79.9. The Bertz CT molecular complexity index is 349. The average Bonchev–Trinajstić information content (AvgIpc) is 2.68. The quantitative estimate of drug-likeness (QED) is 0.914. The molecular formula is C13H18BrNO. The molecule has 88 valence electrons. The summed E-state index contributed by atoms with van der Waals surface area (Å²) in [6, 6.07) is 4.34. The van der Waals surface area contributed by atoms with Crippen molar-refractivity contribution in [2.24, 2.45) is 0 Å². The van der Waals surface area contributed by atoms with Gasteiger partial charge in [0.1, 0.15) is 0 Å². The molecule has 1 N–H and O–H groups in total. The molecule has 1 aromatic rings. The van der Waals surface area contributed by atoms with Crippen LogP contribution in [0, 0.1) is 13.8 Å². The Kier molecular flexibility index (Phi) is 3.87. The van der Waals surface area contributed by atoms with E-state index in [1.807, 2.05) is 0 Å². The van der Waals surface area contributed by atoms with Crippen molar-refractivity contribution in [2.45, 2.75) is 32.8 Å². The van der Waals surface area contributed by atoms with Crippen molar-refractivity contribution in [3.63, 3.8) is 0 Å². The van der Waals surface area contributed by atoms with Crippen molar-refractivity contribution in [3.05, 3.63) is 27.7 Å². The lowest BCUT2D eigenvalue weighted by atomic mass is 10.1. The van der Waals surface area contributed by atoms with E-state index in [0.29, 0.717) is 6.10 Å². The zero-order valence-electron chi connectivity index (χ0n) is 9.85. The van der Waals surface area contributed by atoms with Crippen LogP contribution in [0.1, 0.15) is 24.0 Å². The summed E-state index contributed by atoms with van der Waals surface area (Å²) in [5.74, 6) is 0. The molecule has 1 atom stereocenters. The van der Waals surface area contributed by atoms with Crippen molar-refractivity contribution < 1.29 is 4.74 Å². The van der Waals surface area contributed by atoms with Crippen molar-refractivity contribution in [3.8, 4) is 0 Å². The predicted molar refractivity (Wildman–Crippen MR) is 71.1 cm³/mol. The lowest BCUT2D eigenvalue weighted by Crippen LogP contribution is -2.19. The lowest BCUT2D eigenvalue weighted by molar-refractivity contribution is 0.120. The molecule has 0 radical (unpaired) electrons. The van der Waals surface area contributed by atoms with Gasteiger partial charge in [-0.2, -0.15) is 0 Å². The molecule has 1 heterocycles. The fourth-order valence-corrected chi connectivity index (χ4v) is 2.97. The highest BCUT2D eigenvalue weighted by Crippen LogP contribution is 2.28. The van der Waals surface area contributed by atoms with Gasteiger partial charge in [0, 0.05) is 17.6 Å². The van der Waals surface area contributed by atoms with Gasteiger partial charge in [-0.3, -0.25) is 0 Å². The Morgan fingerprint density at radius 2 is 2.25 bits per heavy atom. The molecule has 0 spiro atoms. The fourth-order valence-electron chi connectivity index (χ4n) is 2.16. The summed E-state index contributed by atoms with van der Waals surface area (Å²) in [6.07, 6.45) is 2.75. The van der Waals surface area contributed by atoms with Gasteiger partial charge >= 0.3 is 0 Å². The smallest absolute Gasteiger partial charge is 0.0748 e. The summed E-state index contributed by atoms with van der Waals surface area (Å²) < 4.78 is 6.74. The fraction of sp³-hybridized carbons (Fsp3) is 0.538. The van der Waals surface area contributed by atoms with Crippen LogP contribution < -0.4 is 5.32 Å². The Labute approximate surface area is 106 Å². The first-order valence-corrected chi connectivity index (χ1v) is 6.58. The van der Waals surface area contributed by atoms with Crippen molar-refractivity contribution in [1.29, 1.82) is 0 Å². The number of hydrogen-bond donors (Lipinski definition) is 1. The molecule has 16 heavy (non-hydrogen) atoms. The van der Waals surface area contributed by atoms with Crippen LogP contribution in [-0.2, 0) is 4.74 Å². The van der Waals surface area contributed by atoms with Crippen LogP contribution >= 0.6 is 15.9 Å². The molecule has 3 heteroatoms. The molecule has 0 bridgehead atoms. The van der Waals surface area contributed by atoms with Crippen LogP contribution in [0.3, 0.4) is 0 Å². The van der Waals surface area contributed by atoms with Crippen LogP contribution in [0.15, 0.2) is 16.6 Å². The first-order chi connectivity index (χ1) is 7.66. The Hall–Kier alpha value is -0.540. The highest BCUT2D eigenvalue weighted by Gasteiger charge is 2.15. The highest BCUT2D eigenvalue weighted by molar-refractivity contribution is 9.10. The topological polar surface area (TPSA) is 21.3 Å². The molecule has 2 rings (SSSR count). The maximum atomic E-state index is 5.60. The van der Waals surface area contributed by atoms with Crippen LogP contribution in [0.4, 0.5) is 5.69 Å². The van der Waals surface area contributed by atoms with E-state index in [2.05, 4.69) is 47.2 Å². The zero-order chi connectivity index (χ0) is 11.5.